The van der Waals surface area contributed by atoms with Crippen LogP contribution in [0.4, 0.5) is 10.1 Å². The molecule has 198 valence electrons. The van der Waals surface area contributed by atoms with E-state index in [2.05, 4.69) is 20.4 Å². The van der Waals surface area contributed by atoms with E-state index in [1.54, 1.807) is 55.8 Å². The van der Waals surface area contributed by atoms with Gasteiger partial charge >= 0.3 is 0 Å². The lowest BCUT2D eigenvalue weighted by atomic mass is 10.1. The molecule has 0 unspecified atom stereocenters. The molecule has 0 spiro atoms. The van der Waals surface area contributed by atoms with Gasteiger partial charge in [-0.15, -0.1) is 0 Å². The highest BCUT2D eigenvalue weighted by atomic mass is 19.1. The minimum Gasteiger partial charge on any atom is -0.493 e. The third-order valence-electron chi connectivity index (χ3n) is 5.73. The third kappa shape index (κ3) is 5.14. The number of nitrogens with one attached hydrogen (secondary N) is 1. The Hall–Kier alpha value is -5.19. The van der Waals surface area contributed by atoms with Crippen molar-refractivity contribution in [2.45, 2.75) is 6.92 Å². The molecule has 1 amide bonds. The summed E-state index contributed by atoms with van der Waals surface area (Å²) in [6, 6.07) is 12.8. The first-order valence-corrected chi connectivity index (χ1v) is 11.9. The molecule has 3 heterocycles. The number of amides is 1. The molecule has 0 saturated carbocycles. The van der Waals surface area contributed by atoms with Crippen molar-refractivity contribution in [1.82, 2.24) is 19.7 Å². The molecule has 5 aromatic rings. The number of halogens is 1. The fourth-order valence-corrected chi connectivity index (χ4v) is 3.96. The summed E-state index contributed by atoms with van der Waals surface area (Å²) in [5.74, 6) is 0.343. The molecule has 39 heavy (non-hydrogen) atoms. The summed E-state index contributed by atoms with van der Waals surface area (Å²) in [5, 5.41) is 7.62. The van der Waals surface area contributed by atoms with Crippen molar-refractivity contribution in [3.8, 4) is 34.4 Å². The lowest BCUT2D eigenvalue weighted by molar-refractivity contribution is 0.101. The second-order valence-corrected chi connectivity index (χ2v) is 8.14. The molecule has 2 aromatic carbocycles. The Morgan fingerprint density at radius 3 is 2.56 bits per heavy atom. The van der Waals surface area contributed by atoms with Crippen molar-refractivity contribution in [2.24, 2.45) is 0 Å². The zero-order chi connectivity index (χ0) is 27.4. The number of benzene rings is 2. The molecule has 3 aromatic heterocycles. The molecule has 1 N–H and O–H groups in total. The van der Waals surface area contributed by atoms with Crippen LogP contribution in [0.3, 0.4) is 0 Å². The van der Waals surface area contributed by atoms with E-state index in [-0.39, 0.29) is 22.9 Å². The molecular formula is C28H24FN5O5. The number of pyridine rings is 2. The maximum atomic E-state index is 15.1. The van der Waals surface area contributed by atoms with Gasteiger partial charge in [0.2, 0.25) is 0 Å². The van der Waals surface area contributed by atoms with Crippen molar-refractivity contribution in [1.29, 1.82) is 0 Å². The Labute approximate surface area is 222 Å². The number of carbonyl (C=O) groups is 1. The van der Waals surface area contributed by atoms with Gasteiger partial charge in [0.1, 0.15) is 11.3 Å². The van der Waals surface area contributed by atoms with Crippen molar-refractivity contribution >= 4 is 22.5 Å². The van der Waals surface area contributed by atoms with Gasteiger partial charge < -0.3 is 24.3 Å². The van der Waals surface area contributed by atoms with Gasteiger partial charge in [-0.05, 0) is 49.4 Å². The fraction of sp³-hybridized carbons (Fsp3) is 0.143. The largest absolute Gasteiger partial charge is 0.493 e. The molecule has 0 aliphatic heterocycles. The van der Waals surface area contributed by atoms with Crippen molar-refractivity contribution in [3.05, 3.63) is 84.8 Å². The average Bonchev–Trinajstić information content (AvgIpc) is 3.38. The van der Waals surface area contributed by atoms with Gasteiger partial charge in [-0.3, -0.25) is 14.8 Å². The van der Waals surface area contributed by atoms with E-state index < -0.39 is 11.7 Å². The van der Waals surface area contributed by atoms with E-state index in [9.17, 15) is 4.79 Å². The topological polar surface area (TPSA) is 110 Å². The number of carbonyl (C=O) groups excluding carboxylic acids is 1. The summed E-state index contributed by atoms with van der Waals surface area (Å²) in [7, 11) is 3.05. The highest BCUT2D eigenvalue weighted by Crippen LogP contribution is 2.39. The van der Waals surface area contributed by atoms with E-state index in [1.807, 2.05) is 0 Å². The molecule has 11 heteroatoms. The van der Waals surface area contributed by atoms with Gasteiger partial charge in [0.15, 0.2) is 34.5 Å². The van der Waals surface area contributed by atoms with Gasteiger partial charge in [0.05, 0.1) is 38.9 Å². The number of hydrogen-bond donors (Lipinski definition) is 1. The summed E-state index contributed by atoms with van der Waals surface area (Å²) in [5.41, 5.74) is 1.43. The number of anilines is 1. The Morgan fingerprint density at radius 1 is 1.00 bits per heavy atom. The lowest BCUT2D eigenvalue weighted by Gasteiger charge is -2.14. The highest BCUT2D eigenvalue weighted by molar-refractivity contribution is 6.04. The molecular weight excluding hydrogens is 505 g/mol. The number of fused-ring (bicyclic) bond motifs is 1. The summed E-state index contributed by atoms with van der Waals surface area (Å²) in [6.07, 6.45) is 6.37. The van der Waals surface area contributed by atoms with Crippen LogP contribution in [0, 0.1) is 5.82 Å². The lowest BCUT2D eigenvalue weighted by Crippen LogP contribution is -2.14. The maximum Gasteiger partial charge on any atom is 0.280 e. The minimum atomic E-state index is -0.677. The van der Waals surface area contributed by atoms with Gasteiger partial charge in [0.25, 0.3) is 5.91 Å². The zero-order valence-corrected chi connectivity index (χ0v) is 21.3. The minimum absolute atomic E-state index is 0.0360. The predicted molar refractivity (Wildman–Crippen MR) is 142 cm³/mol. The van der Waals surface area contributed by atoms with Crippen LogP contribution < -0.4 is 24.3 Å². The quantitative estimate of drug-likeness (QED) is 0.270. The maximum absolute atomic E-state index is 15.1. The van der Waals surface area contributed by atoms with Crippen LogP contribution in [0.25, 0.3) is 16.6 Å². The Balaban J connectivity index is 1.38. The number of aromatic nitrogens is 4. The molecule has 0 fully saturated rings. The molecule has 0 aliphatic carbocycles. The molecule has 0 radical (unpaired) electrons. The van der Waals surface area contributed by atoms with Crippen LogP contribution in [-0.2, 0) is 0 Å². The Bertz CT molecular complexity index is 1640. The first kappa shape index (κ1) is 25.5. The number of rotatable bonds is 9. The van der Waals surface area contributed by atoms with Crippen LogP contribution >= 0.6 is 0 Å². The first-order chi connectivity index (χ1) is 19.0. The zero-order valence-electron chi connectivity index (χ0n) is 21.3. The van der Waals surface area contributed by atoms with Crippen LogP contribution in [0.1, 0.15) is 17.4 Å². The SMILES string of the molecule is CCOc1cn(-c2cccnc2)nc1C(=O)Nc1ccc(Oc2ccnc3c(OC)c(OC)ccc23)c(F)c1. The van der Waals surface area contributed by atoms with Crippen molar-refractivity contribution < 1.29 is 28.1 Å². The van der Waals surface area contributed by atoms with Crippen LogP contribution in [0.2, 0.25) is 0 Å². The second kappa shape index (κ2) is 11.1. The molecule has 5 rings (SSSR count). The molecule has 0 bridgehead atoms. The number of nitrogens with zero attached hydrogens (tertiary/aromatic N) is 4. The van der Waals surface area contributed by atoms with Crippen molar-refractivity contribution in [3.63, 3.8) is 0 Å². The second-order valence-electron chi connectivity index (χ2n) is 8.14. The van der Waals surface area contributed by atoms with Crippen LogP contribution in [-0.4, -0.2) is 46.5 Å². The summed E-state index contributed by atoms with van der Waals surface area (Å²) in [6.45, 7) is 2.14. The predicted octanol–water partition coefficient (Wildman–Crippen LogP) is 5.42. The smallest absolute Gasteiger partial charge is 0.280 e. The standard InChI is InChI=1S/C28H24FN5O5/c1-4-38-24-16-34(18-6-5-12-30-15-18)33-26(24)28(35)32-17-7-9-22(20(29)14-17)39-21-11-13-31-25-19(21)8-10-23(36-2)27(25)37-3/h5-16H,4H2,1-3H3,(H,32,35). The molecule has 10 nitrogen and oxygen atoms in total. The van der Waals surface area contributed by atoms with Crippen LogP contribution in [0.15, 0.2) is 73.3 Å². The third-order valence-corrected chi connectivity index (χ3v) is 5.73. The van der Waals surface area contributed by atoms with Gasteiger partial charge in [-0.1, -0.05) is 0 Å². The van der Waals surface area contributed by atoms with E-state index in [4.69, 9.17) is 18.9 Å². The van der Waals surface area contributed by atoms with E-state index in [1.165, 1.54) is 43.3 Å². The highest BCUT2D eigenvalue weighted by Gasteiger charge is 2.20. The van der Waals surface area contributed by atoms with Gasteiger partial charge in [0, 0.05) is 29.5 Å². The van der Waals surface area contributed by atoms with E-state index >= 15 is 4.39 Å². The van der Waals surface area contributed by atoms with E-state index in [0.29, 0.717) is 40.4 Å². The van der Waals surface area contributed by atoms with Gasteiger partial charge in [-0.25, -0.2) is 9.07 Å². The number of methoxy groups -OCH3 is 2. The van der Waals surface area contributed by atoms with E-state index in [0.717, 1.165) is 0 Å². The summed E-state index contributed by atoms with van der Waals surface area (Å²) < 4.78 is 38.8. The molecule has 0 aliphatic rings. The first-order valence-electron chi connectivity index (χ1n) is 11.9. The normalized spacial score (nSPS) is 10.8. The Morgan fingerprint density at radius 2 is 1.85 bits per heavy atom. The fourth-order valence-electron chi connectivity index (χ4n) is 3.96. The molecule has 0 atom stereocenters. The monoisotopic (exact) mass is 529 g/mol. The Kier molecular flexibility index (Phi) is 7.21. The number of ether oxygens (including phenoxy) is 4. The summed E-state index contributed by atoms with van der Waals surface area (Å²) in [4.78, 5) is 21.5. The average molecular weight is 530 g/mol. The molecule has 0 saturated heterocycles. The summed E-state index contributed by atoms with van der Waals surface area (Å²) >= 11 is 0. The van der Waals surface area contributed by atoms with Crippen LogP contribution in [0.5, 0.6) is 28.7 Å². The van der Waals surface area contributed by atoms with Gasteiger partial charge in [-0.2, -0.15) is 5.10 Å². The van der Waals surface area contributed by atoms with Crippen molar-refractivity contribution in [2.75, 3.05) is 26.1 Å². The number of hydrogen-bond acceptors (Lipinski definition) is 8.